The molecule has 0 aliphatic heterocycles. The standard InChI is InChI=1S/C15H20N6O4/c1-4-21-13(15(25)19(2)3)11(8-17-21)18-14(24)10-7-16-20(9-10)6-5-12(22)23/h7-9H,4-6H2,1-3H3,(H,18,24)(H,22,23). The zero-order valence-electron chi connectivity index (χ0n) is 14.3. The molecule has 10 nitrogen and oxygen atoms in total. The maximum atomic E-state index is 12.4. The molecule has 0 saturated heterocycles. The monoisotopic (exact) mass is 348 g/mol. The summed E-state index contributed by atoms with van der Waals surface area (Å²) in [6.45, 7) is 2.50. The van der Waals surface area contributed by atoms with Crippen molar-refractivity contribution in [1.82, 2.24) is 24.5 Å². The average Bonchev–Trinajstić information content (AvgIpc) is 3.18. The van der Waals surface area contributed by atoms with E-state index in [2.05, 4.69) is 15.5 Å². The molecule has 2 aromatic rings. The van der Waals surface area contributed by atoms with Crippen molar-refractivity contribution < 1.29 is 19.5 Å². The lowest BCUT2D eigenvalue weighted by atomic mass is 10.3. The highest BCUT2D eigenvalue weighted by molar-refractivity contribution is 6.08. The van der Waals surface area contributed by atoms with Crippen LogP contribution in [0.1, 0.15) is 34.2 Å². The summed E-state index contributed by atoms with van der Waals surface area (Å²) in [5.41, 5.74) is 0.862. The number of amides is 2. The predicted molar refractivity (Wildman–Crippen MR) is 88.4 cm³/mol. The lowest BCUT2D eigenvalue weighted by molar-refractivity contribution is -0.137. The van der Waals surface area contributed by atoms with Crippen LogP contribution in [0.3, 0.4) is 0 Å². The van der Waals surface area contributed by atoms with Gasteiger partial charge in [-0.2, -0.15) is 10.2 Å². The largest absolute Gasteiger partial charge is 0.481 e. The second-order valence-corrected chi connectivity index (χ2v) is 5.51. The van der Waals surface area contributed by atoms with Crippen molar-refractivity contribution in [3.8, 4) is 0 Å². The van der Waals surface area contributed by atoms with Gasteiger partial charge in [-0.05, 0) is 6.92 Å². The van der Waals surface area contributed by atoms with E-state index in [0.717, 1.165) is 0 Å². The topological polar surface area (TPSA) is 122 Å². The van der Waals surface area contributed by atoms with Gasteiger partial charge in [0, 0.05) is 26.8 Å². The smallest absolute Gasteiger partial charge is 0.305 e. The van der Waals surface area contributed by atoms with Crippen molar-refractivity contribution in [2.45, 2.75) is 26.4 Å². The van der Waals surface area contributed by atoms with Crippen molar-refractivity contribution in [2.75, 3.05) is 19.4 Å². The molecule has 2 rings (SSSR count). The lowest BCUT2D eigenvalue weighted by Gasteiger charge is -2.13. The van der Waals surface area contributed by atoms with E-state index in [1.54, 1.807) is 14.1 Å². The Morgan fingerprint density at radius 3 is 2.56 bits per heavy atom. The number of aryl methyl sites for hydroxylation is 2. The molecule has 0 atom stereocenters. The summed E-state index contributed by atoms with van der Waals surface area (Å²) in [6.07, 6.45) is 4.13. The van der Waals surface area contributed by atoms with Gasteiger partial charge >= 0.3 is 5.97 Å². The van der Waals surface area contributed by atoms with Gasteiger partial charge in [0.1, 0.15) is 5.69 Å². The molecule has 10 heteroatoms. The van der Waals surface area contributed by atoms with Crippen LogP contribution < -0.4 is 5.32 Å². The van der Waals surface area contributed by atoms with E-state index in [4.69, 9.17) is 5.11 Å². The third kappa shape index (κ3) is 4.22. The zero-order chi connectivity index (χ0) is 18.6. The van der Waals surface area contributed by atoms with Gasteiger partial charge in [-0.15, -0.1) is 0 Å². The van der Waals surface area contributed by atoms with Crippen LogP contribution >= 0.6 is 0 Å². The first kappa shape index (κ1) is 18.2. The van der Waals surface area contributed by atoms with Gasteiger partial charge in [0.2, 0.25) is 0 Å². The van der Waals surface area contributed by atoms with Gasteiger partial charge in [-0.3, -0.25) is 23.7 Å². The fourth-order valence-corrected chi connectivity index (χ4v) is 2.16. The molecule has 2 heterocycles. The molecule has 2 amide bonds. The molecular formula is C15H20N6O4. The maximum Gasteiger partial charge on any atom is 0.305 e. The Bertz CT molecular complexity index is 792. The first-order chi connectivity index (χ1) is 11.8. The number of hydrogen-bond donors (Lipinski definition) is 2. The number of hydrogen-bond acceptors (Lipinski definition) is 5. The number of nitrogens with zero attached hydrogens (tertiary/aromatic N) is 5. The van der Waals surface area contributed by atoms with Crippen LogP contribution in [-0.4, -0.2) is 61.4 Å². The molecule has 0 aromatic carbocycles. The fourth-order valence-electron chi connectivity index (χ4n) is 2.16. The molecule has 134 valence electrons. The summed E-state index contributed by atoms with van der Waals surface area (Å²) in [5.74, 6) is -1.67. The van der Waals surface area contributed by atoms with E-state index >= 15 is 0 Å². The van der Waals surface area contributed by atoms with Crippen LogP contribution in [-0.2, 0) is 17.9 Å². The van der Waals surface area contributed by atoms with Crippen molar-refractivity contribution >= 4 is 23.5 Å². The SMILES string of the molecule is CCn1ncc(NC(=O)c2cnn(CCC(=O)O)c2)c1C(=O)N(C)C. The summed E-state index contributed by atoms with van der Waals surface area (Å²) in [6, 6.07) is 0. The van der Waals surface area contributed by atoms with Crippen LogP contribution in [0.5, 0.6) is 0 Å². The van der Waals surface area contributed by atoms with Gasteiger partial charge < -0.3 is 15.3 Å². The molecule has 0 fully saturated rings. The fraction of sp³-hybridized carbons (Fsp3) is 0.400. The van der Waals surface area contributed by atoms with Gasteiger partial charge in [0.15, 0.2) is 0 Å². The van der Waals surface area contributed by atoms with Crippen molar-refractivity contribution in [1.29, 1.82) is 0 Å². The van der Waals surface area contributed by atoms with Gasteiger partial charge in [-0.25, -0.2) is 0 Å². The summed E-state index contributed by atoms with van der Waals surface area (Å²) in [4.78, 5) is 36.7. The molecule has 0 radical (unpaired) electrons. The highest BCUT2D eigenvalue weighted by Crippen LogP contribution is 2.18. The number of carboxylic acids is 1. The number of carbonyl (C=O) groups is 3. The second kappa shape index (κ2) is 7.60. The van der Waals surface area contributed by atoms with Crippen LogP contribution in [0.4, 0.5) is 5.69 Å². The van der Waals surface area contributed by atoms with Crippen LogP contribution in [0.15, 0.2) is 18.6 Å². The molecule has 0 bridgehead atoms. The third-order valence-corrected chi connectivity index (χ3v) is 3.45. The highest BCUT2D eigenvalue weighted by atomic mass is 16.4. The summed E-state index contributed by atoms with van der Waals surface area (Å²) in [5, 5.41) is 19.4. The lowest BCUT2D eigenvalue weighted by Crippen LogP contribution is -2.26. The number of carbonyl (C=O) groups excluding carboxylic acids is 2. The van der Waals surface area contributed by atoms with Gasteiger partial charge in [0.05, 0.1) is 36.6 Å². The molecular weight excluding hydrogens is 328 g/mol. The Kier molecular flexibility index (Phi) is 5.52. The first-order valence-electron chi connectivity index (χ1n) is 7.66. The summed E-state index contributed by atoms with van der Waals surface area (Å²) < 4.78 is 2.89. The minimum atomic E-state index is -0.944. The first-order valence-corrected chi connectivity index (χ1v) is 7.66. The average molecular weight is 348 g/mol. The van der Waals surface area contributed by atoms with E-state index in [1.165, 1.54) is 32.9 Å². The van der Waals surface area contributed by atoms with Gasteiger partial charge in [0.25, 0.3) is 11.8 Å². The van der Waals surface area contributed by atoms with Crippen molar-refractivity contribution in [2.24, 2.45) is 0 Å². The molecule has 0 spiro atoms. The molecule has 25 heavy (non-hydrogen) atoms. The molecule has 2 N–H and O–H groups in total. The Balaban J connectivity index is 2.17. The quantitative estimate of drug-likeness (QED) is 0.752. The second-order valence-electron chi connectivity index (χ2n) is 5.51. The molecule has 0 saturated carbocycles. The predicted octanol–water partition coefficient (Wildman–Crippen LogP) is 0.528. The Morgan fingerprint density at radius 2 is 1.96 bits per heavy atom. The number of anilines is 1. The van der Waals surface area contributed by atoms with E-state index in [9.17, 15) is 14.4 Å². The molecule has 0 unspecified atom stereocenters. The minimum absolute atomic E-state index is 0.0898. The molecule has 0 aliphatic rings. The van der Waals surface area contributed by atoms with Crippen LogP contribution in [0.25, 0.3) is 0 Å². The van der Waals surface area contributed by atoms with E-state index in [1.807, 2.05) is 6.92 Å². The number of aliphatic carboxylic acids is 1. The Morgan fingerprint density at radius 1 is 1.24 bits per heavy atom. The molecule has 0 aliphatic carbocycles. The minimum Gasteiger partial charge on any atom is -0.481 e. The van der Waals surface area contributed by atoms with E-state index < -0.39 is 11.9 Å². The molecule has 2 aromatic heterocycles. The normalized spacial score (nSPS) is 10.5. The summed E-state index contributed by atoms with van der Waals surface area (Å²) in [7, 11) is 3.24. The van der Waals surface area contributed by atoms with Crippen LogP contribution in [0, 0.1) is 0 Å². The van der Waals surface area contributed by atoms with Gasteiger partial charge in [-0.1, -0.05) is 0 Å². The maximum absolute atomic E-state index is 12.4. The number of nitrogens with one attached hydrogen (secondary N) is 1. The third-order valence-electron chi connectivity index (χ3n) is 3.45. The Hall–Kier alpha value is -3.17. The van der Waals surface area contributed by atoms with E-state index in [0.29, 0.717) is 17.9 Å². The van der Waals surface area contributed by atoms with Crippen LogP contribution in [0.2, 0.25) is 0 Å². The number of carboxylic acid groups (broad SMARTS) is 1. The summed E-state index contributed by atoms with van der Waals surface area (Å²) >= 11 is 0. The Labute approximate surface area is 144 Å². The van der Waals surface area contributed by atoms with E-state index in [-0.39, 0.29) is 24.4 Å². The number of rotatable bonds is 7. The van der Waals surface area contributed by atoms with Crippen molar-refractivity contribution in [3.63, 3.8) is 0 Å². The van der Waals surface area contributed by atoms with Crippen molar-refractivity contribution in [3.05, 3.63) is 29.8 Å². The zero-order valence-corrected chi connectivity index (χ0v) is 14.3. The highest BCUT2D eigenvalue weighted by Gasteiger charge is 2.22. The number of aromatic nitrogens is 4.